The second-order valence-corrected chi connectivity index (χ2v) is 7.47. The molecular weight excluding hydrogens is 340 g/mol. The lowest BCUT2D eigenvalue weighted by atomic mass is 10.1. The summed E-state index contributed by atoms with van der Waals surface area (Å²) in [5, 5.41) is 2.70. The van der Waals surface area contributed by atoms with Gasteiger partial charge in [0.2, 0.25) is 10.0 Å². The highest BCUT2D eigenvalue weighted by Gasteiger charge is 2.18. The number of nitrogens with one attached hydrogen (secondary N) is 1. The number of anilines is 1. The molecule has 0 heterocycles. The van der Waals surface area contributed by atoms with Crippen LogP contribution in [0.25, 0.3) is 0 Å². The minimum atomic E-state index is -3.55. The fourth-order valence-corrected chi connectivity index (χ4v) is 3.25. The third-order valence-corrected chi connectivity index (χ3v) is 4.77. The van der Waals surface area contributed by atoms with Crippen LogP contribution in [0.4, 0.5) is 5.69 Å². The van der Waals surface area contributed by atoms with Crippen LogP contribution in [0.3, 0.4) is 0 Å². The van der Waals surface area contributed by atoms with Gasteiger partial charge in [-0.1, -0.05) is 30.3 Å². The van der Waals surface area contributed by atoms with Crippen molar-refractivity contribution in [2.24, 2.45) is 0 Å². The van der Waals surface area contributed by atoms with E-state index in [2.05, 4.69) is 5.32 Å². The Hall–Kier alpha value is -2.67. The molecule has 0 aromatic heterocycles. The van der Waals surface area contributed by atoms with Gasteiger partial charge in [-0.3, -0.25) is 13.9 Å². The number of Topliss-reactive ketones (excluding diaryl/α,β-unsaturated/α-hetero) is 1. The van der Waals surface area contributed by atoms with Crippen molar-refractivity contribution in [1.29, 1.82) is 0 Å². The molecule has 0 aliphatic heterocycles. The maximum Gasteiger partial charge on any atom is 0.251 e. The molecule has 2 aromatic carbocycles. The molecule has 0 atom stereocenters. The summed E-state index contributed by atoms with van der Waals surface area (Å²) in [6, 6.07) is 15.1. The van der Waals surface area contributed by atoms with Gasteiger partial charge in [-0.15, -0.1) is 0 Å². The van der Waals surface area contributed by atoms with Crippen molar-refractivity contribution in [3.63, 3.8) is 0 Å². The molecule has 0 radical (unpaired) electrons. The first kappa shape index (κ1) is 18.7. The van der Waals surface area contributed by atoms with E-state index in [0.29, 0.717) is 16.8 Å². The molecule has 1 amide bonds. The Bertz CT molecular complexity index is 864. The average molecular weight is 360 g/mol. The lowest BCUT2D eigenvalue weighted by molar-refractivity contribution is 0.0954. The number of ketones is 1. The molecule has 0 unspecified atom stereocenters. The summed E-state index contributed by atoms with van der Waals surface area (Å²) in [7, 11) is -3.55. The van der Waals surface area contributed by atoms with E-state index in [0.717, 1.165) is 6.26 Å². The van der Waals surface area contributed by atoms with Crippen molar-refractivity contribution >= 4 is 27.4 Å². The van der Waals surface area contributed by atoms with Crippen LogP contribution in [0, 0.1) is 0 Å². The molecule has 1 N–H and O–H groups in total. The van der Waals surface area contributed by atoms with Crippen LogP contribution < -0.4 is 9.62 Å². The van der Waals surface area contributed by atoms with Gasteiger partial charge in [0.1, 0.15) is 0 Å². The van der Waals surface area contributed by atoms with Gasteiger partial charge in [-0.05, 0) is 31.2 Å². The van der Waals surface area contributed by atoms with Gasteiger partial charge in [-0.2, -0.15) is 0 Å². The number of sulfonamides is 1. The normalized spacial score (nSPS) is 11.0. The summed E-state index contributed by atoms with van der Waals surface area (Å²) in [4.78, 5) is 23.5. The van der Waals surface area contributed by atoms with Crippen LogP contribution in [-0.2, 0) is 10.0 Å². The Morgan fingerprint density at radius 1 is 1.00 bits per heavy atom. The second kappa shape index (κ2) is 7.94. The molecule has 0 saturated carbocycles. The van der Waals surface area contributed by atoms with E-state index in [4.69, 9.17) is 0 Å². The number of benzene rings is 2. The van der Waals surface area contributed by atoms with Crippen LogP contribution in [0.15, 0.2) is 54.6 Å². The van der Waals surface area contributed by atoms with Crippen molar-refractivity contribution in [1.82, 2.24) is 5.32 Å². The first-order valence-corrected chi connectivity index (χ1v) is 9.56. The Morgan fingerprint density at radius 2 is 1.64 bits per heavy atom. The Kier molecular flexibility index (Phi) is 5.93. The van der Waals surface area contributed by atoms with Crippen molar-refractivity contribution in [2.45, 2.75) is 6.92 Å². The molecule has 0 saturated heterocycles. The number of amides is 1. The third kappa shape index (κ3) is 5.15. The standard InChI is InChI=1S/C18H20N2O4S/c1-14(21)16-9-6-10-17(13-16)20(25(2,23)24)12-11-19-18(22)15-7-4-3-5-8-15/h3-10,13H,11-12H2,1-2H3,(H,19,22). The smallest absolute Gasteiger partial charge is 0.251 e. The Balaban J connectivity index is 2.11. The van der Waals surface area contributed by atoms with Crippen molar-refractivity contribution in [3.05, 3.63) is 65.7 Å². The van der Waals surface area contributed by atoms with Crippen LogP contribution >= 0.6 is 0 Å². The number of hydrogen-bond acceptors (Lipinski definition) is 4. The minimum Gasteiger partial charge on any atom is -0.350 e. The highest BCUT2D eigenvalue weighted by molar-refractivity contribution is 7.92. The maximum absolute atomic E-state index is 12.1. The molecule has 0 spiro atoms. The lowest BCUT2D eigenvalue weighted by Crippen LogP contribution is -2.38. The second-order valence-electron chi connectivity index (χ2n) is 5.56. The maximum atomic E-state index is 12.1. The SMILES string of the molecule is CC(=O)c1cccc(N(CCNC(=O)c2ccccc2)S(C)(=O)=O)c1. The number of hydrogen-bond donors (Lipinski definition) is 1. The van der Waals surface area contributed by atoms with Gasteiger partial charge in [-0.25, -0.2) is 8.42 Å². The zero-order valence-corrected chi connectivity index (χ0v) is 14.9. The lowest BCUT2D eigenvalue weighted by Gasteiger charge is -2.23. The number of rotatable bonds is 7. The van der Waals surface area contributed by atoms with Gasteiger partial charge in [0.05, 0.1) is 18.5 Å². The molecule has 25 heavy (non-hydrogen) atoms. The van der Waals surface area contributed by atoms with E-state index in [1.54, 1.807) is 42.5 Å². The molecule has 6 nitrogen and oxygen atoms in total. The predicted molar refractivity (Wildman–Crippen MR) is 97.4 cm³/mol. The molecule has 132 valence electrons. The molecular formula is C18H20N2O4S. The third-order valence-electron chi connectivity index (χ3n) is 3.58. The van der Waals surface area contributed by atoms with Crippen LogP contribution in [0.2, 0.25) is 0 Å². The van der Waals surface area contributed by atoms with E-state index in [-0.39, 0.29) is 24.8 Å². The molecule has 2 rings (SSSR count). The van der Waals surface area contributed by atoms with Gasteiger partial charge in [0.15, 0.2) is 5.78 Å². The topological polar surface area (TPSA) is 83.6 Å². The van der Waals surface area contributed by atoms with Gasteiger partial charge in [0, 0.05) is 17.7 Å². The van der Waals surface area contributed by atoms with E-state index in [1.807, 2.05) is 6.07 Å². The predicted octanol–water partition coefficient (Wildman–Crippen LogP) is 2.09. The van der Waals surface area contributed by atoms with Gasteiger partial charge in [0.25, 0.3) is 5.91 Å². The molecule has 0 bridgehead atoms. The zero-order chi connectivity index (χ0) is 18.4. The first-order chi connectivity index (χ1) is 11.8. The fraction of sp³-hybridized carbons (Fsp3) is 0.222. The number of carbonyl (C=O) groups excluding carboxylic acids is 2. The molecule has 7 heteroatoms. The quantitative estimate of drug-likeness (QED) is 0.766. The van der Waals surface area contributed by atoms with Crippen LogP contribution in [-0.4, -0.2) is 39.5 Å². The fourth-order valence-electron chi connectivity index (χ4n) is 2.33. The van der Waals surface area contributed by atoms with E-state index >= 15 is 0 Å². The van der Waals surface area contributed by atoms with Crippen molar-refractivity contribution in [2.75, 3.05) is 23.7 Å². The summed E-state index contributed by atoms with van der Waals surface area (Å²) in [5.74, 6) is -0.417. The summed E-state index contributed by atoms with van der Waals surface area (Å²) in [6.07, 6.45) is 1.09. The van der Waals surface area contributed by atoms with Crippen LogP contribution in [0.5, 0.6) is 0 Å². The first-order valence-electron chi connectivity index (χ1n) is 7.71. The van der Waals surface area contributed by atoms with E-state index < -0.39 is 10.0 Å². The largest absolute Gasteiger partial charge is 0.350 e. The Morgan fingerprint density at radius 3 is 2.24 bits per heavy atom. The van der Waals surface area contributed by atoms with Gasteiger partial charge >= 0.3 is 0 Å². The molecule has 0 fully saturated rings. The number of carbonyl (C=O) groups is 2. The number of nitrogens with zero attached hydrogens (tertiary/aromatic N) is 1. The summed E-state index contributed by atoms with van der Waals surface area (Å²) in [5.41, 5.74) is 1.33. The average Bonchev–Trinajstić information content (AvgIpc) is 2.58. The monoisotopic (exact) mass is 360 g/mol. The summed E-state index contributed by atoms with van der Waals surface area (Å²) < 4.78 is 25.3. The summed E-state index contributed by atoms with van der Waals surface area (Å²) in [6.45, 7) is 1.63. The molecule has 2 aromatic rings. The zero-order valence-electron chi connectivity index (χ0n) is 14.1. The van der Waals surface area contributed by atoms with Crippen molar-refractivity contribution < 1.29 is 18.0 Å². The molecule has 0 aliphatic carbocycles. The highest BCUT2D eigenvalue weighted by Crippen LogP contribution is 2.19. The van der Waals surface area contributed by atoms with E-state index in [9.17, 15) is 18.0 Å². The highest BCUT2D eigenvalue weighted by atomic mass is 32.2. The van der Waals surface area contributed by atoms with Crippen LogP contribution in [0.1, 0.15) is 27.6 Å². The Labute approximate surface area is 147 Å². The minimum absolute atomic E-state index is 0.0682. The van der Waals surface area contributed by atoms with E-state index in [1.165, 1.54) is 17.3 Å². The van der Waals surface area contributed by atoms with Crippen molar-refractivity contribution in [3.8, 4) is 0 Å². The summed E-state index contributed by atoms with van der Waals surface area (Å²) >= 11 is 0. The van der Waals surface area contributed by atoms with Gasteiger partial charge < -0.3 is 5.32 Å². The molecule has 0 aliphatic rings.